The number of nitrogens with two attached hydrogens (primary N) is 1. The Bertz CT molecular complexity index is 550. The van der Waals surface area contributed by atoms with Crippen molar-refractivity contribution in [3.8, 4) is 0 Å². The predicted molar refractivity (Wildman–Crippen MR) is 77.9 cm³/mol. The molecule has 20 heavy (non-hydrogen) atoms. The van der Waals surface area contributed by atoms with Crippen molar-refractivity contribution >= 4 is 5.91 Å². The first-order valence-corrected chi connectivity index (χ1v) is 6.65. The minimum Gasteiger partial charge on any atom is -0.370 e. The fourth-order valence-electron chi connectivity index (χ4n) is 2.04. The summed E-state index contributed by atoms with van der Waals surface area (Å²) in [6, 6.07) is 10.2. The average Bonchev–Trinajstić information content (AvgIpc) is 2.85. The van der Waals surface area contributed by atoms with Crippen LogP contribution >= 0.6 is 0 Å². The Kier molecular flexibility index (Phi) is 4.90. The summed E-state index contributed by atoms with van der Waals surface area (Å²) in [7, 11) is 1.97. The van der Waals surface area contributed by atoms with E-state index in [2.05, 4.69) is 22.1 Å². The molecule has 0 saturated heterocycles. The van der Waals surface area contributed by atoms with Crippen LogP contribution < -0.4 is 5.73 Å². The van der Waals surface area contributed by atoms with Crippen LogP contribution in [0.2, 0.25) is 0 Å². The molecule has 5 heteroatoms. The van der Waals surface area contributed by atoms with Crippen LogP contribution in [0.1, 0.15) is 17.5 Å². The highest BCUT2D eigenvalue weighted by atomic mass is 16.1. The molecule has 2 aromatic rings. The minimum absolute atomic E-state index is 0.267. The van der Waals surface area contributed by atoms with Crippen molar-refractivity contribution in [2.75, 3.05) is 13.6 Å². The lowest BCUT2D eigenvalue weighted by atomic mass is 10.2. The van der Waals surface area contributed by atoms with Crippen molar-refractivity contribution in [2.24, 2.45) is 5.73 Å². The Labute approximate surface area is 119 Å². The van der Waals surface area contributed by atoms with Gasteiger partial charge in [-0.3, -0.25) is 9.48 Å². The molecule has 0 saturated carbocycles. The van der Waals surface area contributed by atoms with E-state index >= 15 is 0 Å². The van der Waals surface area contributed by atoms with E-state index in [4.69, 9.17) is 5.73 Å². The van der Waals surface area contributed by atoms with Gasteiger partial charge in [0.2, 0.25) is 5.91 Å². The predicted octanol–water partition coefficient (Wildman–Crippen LogP) is 1.24. The number of nitrogens with zero attached hydrogens (tertiary/aromatic N) is 3. The van der Waals surface area contributed by atoms with Crippen LogP contribution in [0.15, 0.2) is 42.7 Å². The van der Waals surface area contributed by atoms with Crippen molar-refractivity contribution in [3.63, 3.8) is 0 Å². The Balaban J connectivity index is 1.87. The zero-order chi connectivity index (χ0) is 14.4. The van der Waals surface area contributed by atoms with E-state index in [0.717, 1.165) is 18.7 Å². The van der Waals surface area contributed by atoms with Gasteiger partial charge in [-0.05, 0) is 12.6 Å². The van der Waals surface area contributed by atoms with Gasteiger partial charge in [0.25, 0.3) is 0 Å². The highest BCUT2D eigenvalue weighted by molar-refractivity contribution is 5.73. The molecule has 1 heterocycles. The lowest BCUT2D eigenvalue weighted by Gasteiger charge is -2.13. The quantitative estimate of drug-likeness (QED) is 0.824. The Hall–Kier alpha value is -2.14. The number of carbonyl (C=O) groups is 1. The zero-order valence-electron chi connectivity index (χ0n) is 11.7. The molecule has 0 spiro atoms. The summed E-state index contributed by atoms with van der Waals surface area (Å²) in [5, 5.41) is 4.36. The molecule has 1 aromatic heterocycles. The summed E-state index contributed by atoms with van der Waals surface area (Å²) < 4.78 is 1.92. The second-order valence-corrected chi connectivity index (χ2v) is 4.99. The van der Waals surface area contributed by atoms with Gasteiger partial charge in [-0.1, -0.05) is 30.3 Å². The van der Waals surface area contributed by atoms with E-state index in [0.29, 0.717) is 13.0 Å². The van der Waals surface area contributed by atoms with Gasteiger partial charge in [-0.15, -0.1) is 0 Å². The summed E-state index contributed by atoms with van der Waals surface area (Å²) in [6.07, 6.45) is 4.28. The maximum Gasteiger partial charge on any atom is 0.218 e. The summed E-state index contributed by atoms with van der Waals surface area (Å²) >= 11 is 0. The molecule has 0 fully saturated rings. The van der Waals surface area contributed by atoms with Crippen LogP contribution in [-0.2, 0) is 17.9 Å². The molecule has 0 aliphatic heterocycles. The Morgan fingerprint density at radius 3 is 2.75 bits per heavy atom. The van der Waals surface area contributed by atoms with Crippen molar-refractivity contribution < 1.29 is 4.79 Å². The normalized spacial score (nSPS) is 10.9. The van der Waals surface area contributed by atoms with Gasteiger partial charge in [0, 0.05) is 31.3 Å². The number of primary amides is 1. The van der Waals surface area contributed by atoms with E-state index in [1.54, 1.807) is 0 Å². The maximum atomic E-state index is 10.7. The molecule has 1 aromatic carbocycles. The smallest absolute Gasteiger partial charge is 0.218 e. The van der Waals surface area contributed by atoms with E-state index in [-0.39, 0.29) is 5.91 Å². The largest absolute Gasteiger partial charge is 0.370 e. The van der Waals surface area contributed by atoms with Crippen LogP contribution in [0, 0.1) is 0 Å². The second-order valence-electron chi connectivity index (χ2n) is 4.99. The number of benzene rings is 1. The van der Waals surface area contributed by atoms with E-state index in [1.807, 2.05) is 42.3 Å². The van der Waals surface area contributed by atoms with Gasteiger partial charge in [0.15, 0.2) is 0 Å². The molecule has 1 amide bonds. The van der Waals surface area contributed by atoms with Gasteiger partial charge < -0.3 is 10.6 Å². The summed E-state index contributed by atoms with van der Waals surface area (Å²) in [4.78, 5) is 12.8. The molecule has 2 N–H and O–H groups in total. The molecule has 106 valence electrons. The summed E-state index contributed by atoms with van der Waals surface area (Å²) in [5.74, 6) is -0.267. The van der Waals surface area contributed by atoms with Gasteiger partial charge >= 0.3 is 0 Å². The lowest BCUT2D eigenvalue weighted by molar-refractivity contribution is -0.118. The molecule has 5 nitrogen and oxygen atoms in total. The maximum absolute atomic E-state index is 10.7. The Morgan fingerprint density at radius 2 is 2.05 bits per heavy atom. The lowest BCUT2D eigenvalue weighted by Crippen LogP contribution is -2.24. The number of hydrogen-bond donors (Lipinski definition) is 1. The van der Waals surface area contributed by atoms with Crippen LogP contribution in [0.5, 0.6) is 0 Å². The van der Waals surface area contributed by atoms with Crippen LogP contribution in [0.3, 0.4) is 0 Å². The SMILES string of the molecule is CN(CCC(N)=O)Cc1cnn(Cc2ccccc2)c1. The van der Waals surface area contributed by atoms with Crippen molar-refractivity contribution in [1.29, 1.82) is 0 Å². The first-order valence-electron chi connectivity index (χ1n) is 6.65. The number of carbonyl (C=O) groups excluding carboxylic acids is 1. The van der Waals surface area contributed by atoms with Crippen LogP contribution in [0.4, 0.5) is 0 Å². The zero-order valence-corrected chi connectivity index (χ0v) is 11.7. The molecule has 0 aliphatic carbocycles. The third-order valence-corrected chi connectivity index (χ3v) is 3.07. The third-order valence-electron chi connectivity index (χ3n) is 3.07. The van der Waals surface area contributed by atoms with Gasteiger partial charge in [0.1, 0.15) is 0 Å². The number of aromatic nitrogens is 2. The molecule has 2 rings (SSSR count). The van der Waals surface area contributed by atoms with Gasteiger partial charge in [0.05, 0.1) is 12.7 Å². The van der Waals surface area contributed by atoms with Crippen molar-refractivity contribution in [1.82, 2.24) is 14.7 Å². The molecule has 0 aliphatic rings. The van der Waals surface area contributed by atoms with E-state index < -0.39 is 0 Å². The summed E-state index contributed by atoms with van der Waals surface area (Å²) in [6.45, 7) is 2.20. The van der Waals surface area contributed by atoms with Crippen molar-refractivity contribution in [3.05, 3.63) is 53.9 Å². The molecule has 0 radical (unpaired) electrons. The first kappa shape index (κ1) is 14.3. The molecular weight excluding hydrogens is 252 g/mol. The monoisotopic (exact) mass is 272 g/mol. The molecule has 0 atom stereocenters. The molecular formula is C15H20N4O. The number of rotatable bonds is 7. The minimum atomic E-state index is -0.267. The molecule has 0 bridgehead atoms. The van der Waals surface area contributed by atoms with Crippen molar-refractivity contribution in [2.45, 2.75) is 19.5 Å². The standard InChI is InChI=1S/C15H20N4O/c1-18(8-7-15(16)20)10-14-9-17-19(12-14)11-13-5-3-2-4-6-13/h2-6,9,12H,7-8,10-11H2,1H3,(H2,16,20). The highest BCUT2D eigenvalue weighted by Crippen LogP contribution is 2.06. The summed E-state index contributed by atoms with van der Waals surface area (Å²) in [5.41, 5.74) is 7.50. The fourth-order valence-corrected chi connectivity index (χ4v) is 2.04. The average molecular weight is 272 g/mol. The van der Waals surface area contributed by atoms with Crippen LogP contribution in [0.25, 0.3) is 0 Å². The molecule has 0 unspecified atom stereocenters. The fraction of sp³-hybridized carbons (Fsp3) is 0.333. The van der Waals surface area contributed by atoms with E-state index in [1.165, 1.54) is 5.56 Å². The topological polar surface area (TPSA) is 64.2 Å². The highest BCUT2D eigenvalue weighted by Gasteiger charge is 2.05. The second kappa shape index (κ2) is 6.86. The first-order chi connectivity index (χ1) is 9.63. The van der Waals surface area contributed by atoms with E-state index in [9.17, 15) is 4.79 Å². The van der Waals surface area contributed by atoms with Crippen LogP contribution in [-0.4, -0.2) is 34.2 Å². The van der Waals surface area contributed by atoms with Gasteiger partial charge in [-0.25, -0.2) is 0 Å². The van der Waals surface area contributed by atoms with Gasteiger partial charge in [-0.2, -0.15) is 5.10 Å². The number of amides is 1. The number of hydrogen-bond acceptors (Lipinski definition) is 3. The Morgan fingerprint density at radius 1 is 1.30 bits per heavy atom. The third kappa shape index (κ3) is 4.51.